The molecular weight excluding hydrogens is 280 g/mol. The van der Waals surface area contributed by atoms with Gasteiger partial charge in [0.15, 0.2) is 0 Å². The van der Waals surface area contributed by atoms with Crippen LogP contribution in [0.15, 0.2) is 45.6 Å². The van der Waals surface area contributed by atoms with E-state index in [1.807, 2.05) is 18.2 Å². The second kappa shape index (κ2) is 13.0. The van der Waals surface area contributed by atoms with Crippen LogP contribution in [-0.4, -0.2) is 45.3 Å². The van der Waals surface area contributed by atoms with Crippen LogP contribution in [0, 0.1) is 0 Å². The van der Waals surface area contributed by atoms with Crippen molar-refractivity contribution >= 4 is 11.0 Å². The molecule has 0 saturated carbocycles. The van der Waals surface area contributed by atoms with Crippen LogP contribution in [0.2, 0.25) is 0 Å². The van der Waals surface area contributed by atoms with Gasteiger partial charge in [-0.3, -0.25) is 0 Å². The number of likely N-dealkylation sites (N-methyl/N-ethyl adjacent to an activating group) is 1. The predicted molar refractivity (Wildman–Crippen MR) is 92.3 cm³/mol. The van der Waals surface area contributed by atoms with Gasteiger partial charge in [-0.15, -0.1) is 0 Å². The Morgan fingerprint density at radius 3 is 2.32 bits per heavy atom. The maximum absolute atomic E-state index is 10.7. The number of para-hydroxylation sites is 1. The highest BCUT2D eigenvalue weighted by atomic mass is 16.5. The number of methoxy groups -OCH3 is 1. The van der Waals surface area contributed by atoms with Crippen LogP contribution in [0.3, 0.4) is 0 Å². The van der Waals surface area contributed by atoms with E-state index in [9.17, 15) is 4.79 Å². The summed E-state index contributed by atoms with van der Waals surface area (Å²) < 4.78 is 9.84. The lowest BCUT2D eigenvalue weighted by molar-refractivity contribution is 0.154. The Bertz CT molecular complexity index is 551. The van der Waals surface area contributed by atoms with Crippen molar-refractivity contribution in [1.29, 1.82) is 0 Å². The Balaban J connectivity index is 0.000000369. The minimum absolute atomic E-state index is 0.302. The summed E-state index contributed by atoms with van der Waals surface area (Å²) in [6, 6.07) is 10.6. The van der Waals surface area contributed by atoms with E-state index in [1.165, 1.54) is 13.1 Å². The van der Waals surface area contributed by atoms with Gasteiger partial charge < -0.3 is 19.8 Å². The Hall–Kier alpha value is -1.69. The molecule has 0 saturated heterocycles. The van der Waals surface area contributed by atoms with E-state index in [1.54, 1.807) is 19.2 Å². The third kappa shape index (κ3) is 7.93. The monoisotopic (exact) mass is 308 g/mol. The molecular formula is C17H28N2O3. The number of hydrogen-bond acceptors (Lipinski definition) is 5. The highest BCUT2D eigenvalue weighted by Crippen LogP contribution is 2.08. The number of rotatable bonds is 5. The van der Waals surface area contributed by atoms with Crippen LogP contribution >= 0.6 is 0 Å². The first kappa shape index (κ1) is 20.3. The van der Waals surface area contributed by atoms with Crippen molar-refractivity contribution in [2.75, 3.05) is 40.4 Å². The van der Waals surface area contributed by atoms with Gasteiger partial charge in [-0.25, -0.2) is 4.79 Å². The minimum atomic E-state index is -0.302. The maximum Gasteiger partial charge on any atom is 0.336 e. The average molecular weight is 308 g/mol. The normalized spacial score (nSPS) is 9.73. The van der Waals surface area contributed by atoms with Gasteiger partial charge in [-0.05, 0) is 32.3 Å². The molecule has 0 unspecified atom stereocenters. The minimum Gasteiger partial charge on any atom is -0.423 e. The molecule has 1 aromatic heterocycles. The van der Waals surface area contributed by atoms with Crippen LogP contribution in [0.25, 0.3) is 11.0 Å². The quantitative estimate of drug-likeness (QED) is 0.859. The van der Waals surface area contributed by atoms with Crippen molar-refractivity contribution in [3.05, 3.63) is 46.8 Å². The van der Waals surface area contributed by atoms with Gasteiger partial charge in [-0.2, -0.15) is 0 Å². The predicted octanol–water partition coefficient (Wildman–Crippen LogP) is 2.34. The first-order valence-corrected chi connectivity index (χ1v) is 7.49. The molecule has 0 spiro atoms. The smallest absolute Gasteiger partial charge is 0.336 e. The number of hydrogen-bond donors (Lipinski definition) is 1. The van der Waals surface area contributed by atoms with Gasteiger partial charge in [0.2, 0.25) is 0 Å². The van der Waals surface area contributed by atoms with E-state index < -0.39 is 0 Å². The highest BCUT2D eigenvalue weighted by molar-refractivity contribution is 5.75. The lowest BCUT2D eigenvalue weighted by Gasteiger charge is -2.16. The van der Waals surface area contributed by atoms with E-state index >= 15 is 0 Å². The lowest BCUT2D eigenvalue weighted by atomic mass is 10.2. The van der Waals surface area contributed by atoms with Crippen LogP contribution in [0.5, 0.6) is 0 Å². The van der Waals surface area contributed by atoms with Gasteiger partial charge in [0.05, 0.1) is 6.61 Å². The van der Waals surface area contributed by atoms with E-state index in [0.717, 1.165) is 31.6 Å². The topological polar surface area (TPSA) is 68.7 Å². The van der Waals surface area contributed by atoms with Gasteiger partial charge >= 0.3 is 5.63 Å². The van der Waals surface area contributed by atoms with Crippen molar-refractivity contribution in [3.63, 3.8) is 0 Å². The van der Waals surface area contributed by atoms with Crippen molar-refractivity contribution in [2.45, 2.75) is 13.8 Å². The van der Waals surface area contributed by atoms with E-state index in [4.69, 9.17) is 9.15 Å². The summed E-state index contributed by atoms with van der Waals surface area (Å²) >= 11 is 0. The molecule has 0 aliphatic rings. The van der Waals surface area contributed by atoms with Crippen LogP contribution < -0.4 is 11.4 Å². The second-order valence-electron chi connectivity index (χ2n) is 4.31. The highest BCUT2D eigenvalue weighted by Gasteiger charge is 1.95. The molecule has 0 aliphatic carbocycles. The molecule has 0 fully saturated rings. The zero-order chi connectivity index (χ0) is 16.8. The first-order chi connectivity index (χ1) is 10.7. The van der Waals surface area contributed by atoms with E-state index in [-0.39, 0.29) is 5.63 Å². The molecule has 0 amide bonds. The fraction of sp³-hybridized carbons (Fsp3) is 0.471. The van der Waals surface area contributed by atoms with Gasteiger partial charge in [-0.1, -0.05) is 32.0 Å². The summed E-state index contributed by atoms with van der Waals surface area (Å²) in [5.74, 6) is 0. The fourth-order valence-corrected chi connectivity index (χ4v) is 1.77. The standard InChI is InChI=1S/C9H6O2.C7H17NO.CH5N/c10-9-6-5-7-3-1-2-4-8(7)11-9;1-4-8(5-2)6-7-9-3;1-2/h1-6H;4-7H2,1-3H3;2H2,1H3. The van der Waals surface area contributed by atoms with Crippen LogP contribution in [0.4, 0.5) is 0 Å². The molecule has 0 aliphatic heterocycles. The Morgan fingerprint density at radius 1 is 1.09 bits per heavy atom. The lowest BCUT2D eigenvalue weighted by Crippen LogP contribution is -2.26. The Kier molecular flexibility index (Phi) is 12.0. The summed E-state index contributed by atoms with van der Waals surface area (Å²) in [6.45, 7) is 8.49. The molecule has 124 valence electrons. The largest absolute Gasteiger partial charge is 0.423 e. The molecule has 2 rings (SSSR count). The molecule has 1 aromatic carbocycles. The molecule has 2 N–H and O–H groups in total. The van der Waals surface area contributed by atoms with Crippen molar-refractivity contribution in [2.24, 2.45) is 5.73 Å². The number of nitrogens with two attached hydrogens (primary N) is 1. The van der Waals surface area contributed by atoms with Gasteiger partial charge in [0, 0.05) is 25.1 Å². The van der Waals surface area contributed by atoms with Gasteiger partial charge in [0.25, 0.3) is 0 Å². The Morgan fingerprint density at radius 2 is 1.73 bits per heavy atom. The molecule has 5 heteroatoms. The van der Waals surface area contributed by atoms with E-state index in [0.29, 0.717) is 5.58 Å². The number of nitrogens with zero attached hydrogens (tertiary/aromatic N) is 1. The molecule has 0 bridgehead atoms. The second-order valence-corrected chi connectivity index (χ2v) is 4.31. The average Bonchev–Trinajstić information content (AvgIpc) is 2.58. The zero-order valence-electron chi connectivity index (χ0n) is 14.0. The molecule has 1 heterocycles. The molecule has 22 heavy (non-hydrogen) atoms. The summed E-state index contributed by atoms with van der Waals surface area (Å²) in [7, 11) is 3.24. The van der Waals surface area contributed by atoms with Crippen molar-refractivity contribution in [3.8, 4) is 0 Å². The molecule has 0 radical (unpaired) electrons. The van der Waals surface area contributed by atoms with Crippen LogP contribution in [-0.2, 0) is 4.74 Å². The Labute approximate surface area is 132 Å². The number of fused-ring (bicyclic) bond motifs is 1. The van der Waals surface area contributed by atoms with Crippen molar-refractivity contribution in [1.82, 2.24) is 4.90 Å². The number of ether oxygens (including phenoxy) is 1. The third-order valence-corrected chi connectivity index (χ3v) is 3.03. The van der Waals surface area contributed by atoms with Crippen LogP contribution in [0.1, 0.15) is 13.8 Å². The summed E-state index contributed by atoms with van der Waals surface area (Å²) in [4.78, 5) is 13.1. The summed E-state index contributed by atoms with van der Waals surface area (Å²) in [5, 5.41) is 0.951. The third-order valence-electron chi connectivity index (χ3n) is 3.03. The van der Waals surface area contributed by atoms with Crippen molar-refractivity contribution < 1.29 is 9.15 Å². The molecule has 2 aromatic rings. The maximum atomic E-state index is 10.7. The SMILES string of the molecule is CCN(CC)CCOC.CN.O=c1ccc2ccccc2o1. The first-order valence-electron chi connectivity index (χ1n) is 7.49. The van der Waals surface area contributed by atoms with Gasteiger partial charge in [0.1, 0.15) is 5.58 Å². The number of benzene rings is 1. The fourth-order valence-electron chi connectivity index (χ4n) is 1.77. The molecule has 0 atom stereocenters. The molecule has 5 nitrogen and oxygen atoms in total. The summed E-state index contributed by atoms with van der Waals surface area (Å²) in [6.07, 6.45) is 0. The summed E-state index contributed by atoms with van der Waals surface area (Å²) in [5.41, 5.74) is 4.84. The van der Waals surface area contributed by atoms with E-state index in [2.05, 4.69) is 24.5 Å². The zero-order valence-corrected chi connectivity index (χ0v) is 14.0.